The van der Waals surface area contributed by atoms with Crippen LogP contribution in [0.3, 0.4) is 0 Å². The molecular formula is C12H17ClFNO. The van der Waals surface area contributed by atoms with Crippen LogP contribution in [-0.2, 0) is 10.2 Å². The van der Waals surface area contributed by atoms with Gasteiger partial charge in [0.1, 0.15) is 5.82 Å². The van der Waals surface area contributed by atoms with Crippen molar-refractivity contribution in [3.63, 3.8) is 0 Å². The normalized spacial score (nSPS) is 18.9. The number of nitrogens with two attached hydrogens (primary N) is 1. The van der Waals surface area contributed by atoms with Gasteiger partial charge in [-0.3, -0.25) is 0 Å². The van der Waals surface area contributed by atoms with Crippen molar-refractivity contribution in [2.45, 2.75) is 18.3 Å². The quantitative estimate of drug-likeness (QED) is 0.868. The topological polar surface area (TPSA) is 35.2 Å². The highest BCUT2D eigenvalue weighted by molar-refractivity contribution is 5.85. The number of hydrogen-bond donors (Lipinski definition) is 1. The van der Waals surface area contributed by atoms with Gasteiger partial charge in [0.05, 0.1) is 0 Å². The van der Waals surface area contributed by atoms with Gasteiger partial charge in [-0.15, -0.1) is 12.4 Å². The van der Waals surface area contributed by atoms with E-state index in [1.165, 1.54) is 6.07 Å². The summed E-state index contributed by atoms with van der Waals surface area (Å²) >= 11 is 0. The average Bonchev–Trinajstić information content (AvgIpc) is 2.30. The maximum Gasteiger partial charge on any atom is 0.123 e. The number of hydrogen-bond acceptors (Lipinski definition) is 2. The summed E-state index contributed by atoms with van der Waals surface area (Å²) in [5.41, 5.74) is 6.77. The Morgan fingerprint density at radius 2 is 2.00 bits per heavy atom. The summed E-state index contributed by atoms with van der Waals surface area (Å²) in [5.74, 6) is -0.188. The van der Waals surface area contributed by atoms with Gasteiger partial charge >= 0.3 is 0 Å². The van der Waals surface area contributed by atoms with E-state index < -0.39 is 0 Å². The molecule has 0 aromatic heterocycles. The molecule has 0 aliphatic carbocycles. The number of benzene rings is 1. The van der Waals surface area contributed by atoms with E-state index in [0.29, 0.717) is 19.8 Å². The average molecular weight is 246 g/mol. The molecular weight excluding hydrogens is 229 g/mol. The molecule has 0 spiro atoms. The first-order valence-electron chi connectivity index (χ1n) is 5.31. The van der Waals surface area contributed by atoms with Crippen LogP contribution in [0.5, 0.6) is 0 Å². The summed E-state index contributed by atoms with van der Waals surface area (Å²) in [6.07, 6.45) is 1.76. The fourth-order valence-corrected chi connectivity index (χ4v) is 2.19. The van der Waals surface area contributed by atoms with Crippen molar-refractivity contribution in [1.82, 2.24) is 0 Å². The van der Waals surface area contributed by atoms with E-state index in [-0.39, 0.29) is 23.6 Å². The van der Waals surface area contributed by atoms with Gasteiger partial charge in [-0.05, 0) is 30.5 Å². The Bertz CT molecular complexity index is 340. The molecule has 2 rings (SSSR count). The summed E-state index contributed by atoms with van der Waals surface area (Å²) in [6, 6.07) is 6.77. The summed E-state index contributed by atoms with van der Waals surface area (Å²) < 4.78 is 18.5. The Hall–Kier alpha value is -0.640. The van der Waals surface area contributed by atoms with Gasteiger partial charge < -0.3 is 10.5 Å². The zero-order valence-corrected chi connectivity index (χ0v) is 9.93. The third kappa shape index (κ3) is 2.54. The summed E-state index contributed by atoms with van der Waals surface area (Å²) in [7, 11) is 0. The predicted molar refractivity (Wildman–Crippen MR) is 64.4 cm³/mol. The Morgan fingerprint density at radius 1 is 1.31 bits per heavy atom. The minimum Gasteiger partial charge on any atom is -0.381 e. The molecule has 1 aliphatic heterocycles. The van der Waals surface area contributed by atoms with Crippen molar-refractivity contribution in [1.29, 1.82) is 0 Å². The van der Waals surface area contributed by atoms with Crippen LogP contribution in [0.1, 0.15) is 18.4 Å². The number of ether oxygens (including phenoxy) is 1. The van der Waals surface area contributed by atoms with Crippen LogP contribution in [-0.4, -0.2) is 19.8 Å². The molecule has 1 aromatic carbocycles. The Morgan fingerprint density at radius 3 is 2.56 bits per heavy atom. The lowest BCUT2D eigenvalue weighted by Gasteiger charge is -2.36. The highest BCUT2D eigenvalue weighted by Gasteiger charge is 2.33. The van der Waals surface area contributed by atoms with Gasteiger partial charge in [-0.2, -0.15) is 0 Å². The molecule has 0 amide bonds. The van der Waals surface area contributed by atoms with Gasteiger partial charge in [0.25, 0.3) is 0 Å². The fraction of sp³-hybridized carbons (Fsp3) is 0.500. The Balaban J connectivity index is 0.00000128. The molecule has 0 bridgehead atoms. The van der Waals surface area contributed by atoms with E-state index in [9.17, 15) is 4.39 Å². The molecule has 1 aliphatic rings. The van der Waals surface area contributed by atoms with E-state index in [0.717, 1.165) is 18.4 Å². The lowest BCUT2D eigenvalue weighted by atomic mass is 9.74. The van der Waals surface area contributed by atoms with Crippen LogP contribution in [0.15, 0.2) is 24.3 Å². The lowest BCUT2D eigenvalue weighted by molar-refractivity contribution is 0.0528. The highest BCUT2D eigenvalue weighted by atomic mass is 35.5. The molecule has 0 saturated carbocycles. The molecule has 1 heterocycles. The van der Waals surface area contributed by atoms with Gasteiger partial charge in [-0.25, -0.2) is 4.39 Å². The maximum absolute atomic E-state index is 13.2. The van der Waals surface area contributed by atoms with E-state index in [4.69, 9.17) is 10.5 Å². The molecule has 4 heteroatoms. The monoisotopic (exact) mass is 245 g/mol. The van der Waals surface area contributed by atoms with Crippen LogP contribution < -0.4 is 5.73 Å². The zero-order chi connectivity index (χ0) is 10.7. The second kappa shape index (κ2) is 5.62. The molecule has 2 nitrogen and oxygen atoms in total. The molecule has 1 saturated heterocycles. The van der Waals surface area contributed by atoms with Crippen LogP contribution in [0, 0.1) is 5.82 Å². The molecule has 1 fully saturated rings. The molecule has 0 radical (unpaired) electrons. The third-order valence-corrected chi connectivity index (χ3v) is 3.28. The second-order valence-electron chi connectivity index (χ2n) is 4.11. The van der Waals surface area contributed by atoms with E-state index in [1.807, 2.05) is 6.07 Å². The third-order valence-electron chi connectivity index (χ3n) is 3.28. The maximum atomic E-state index is 13.2. The minimum absolute atomic E-state index is 0. The van der Waals surface area contributed by atoms with Crippen molar-refractivity contribution in [3.05, 3.63) is 35.6 Å². The fourth-order valence-electron chi connectivity index (χ4n) is 2.19. The molecule has 90 valence electrons. The lowest BCUT2D eigenvalue weighted by Crippen LogP contribution is -2.40. The van der Waals surface area contributed by atoms with Gasteiger partial charge in [0, 0.05) is 25.2 Å². The molecule has 1 aromatic rings. The second-order valence-corrected chi connectivity index (χ2v) is 4.11. The Labute approximate surface area is 101 Å². The van der Waals surface area contributed by atoms with Crippen molar-refractivity contribution < 1.29 is 9.13 Å². The first-order valence-corrected chi connectivity index (χ1v) is 5.31. The van der Waals surface area contributed by atoms with Crippen LogP contribution in [0.2, 0.25) is 0 Å². The van der Waals surface area contributed by atoms with Gasteiger partial charge in [0.2, 0.25) is 0 Å². The van der Waals surface area contributed by atoms with E-state index >= 15 is 0 Å². The van der Waals surface area contributed by atoms with Crippen molar-refractivity contribution in [3.8, 4) is 0 Å². The molecule has 16 heavy (non-hydrogen) atoms. The van der Waals surface area contributed by atoms with Crippen LogP contribution in [0.4, 0.5) is 4.39 Å². The first-order chi connectivity index (χ1) is 7.27. The number of halogens is 2. The van der Waals surface area contributed by atoms with Crippen molar-refractivity contribution in [2.24, 2.45) is 5.73 Å². The first kappa shape index (κ1) is 13.4. The highest BCUT2D eigenvalue weighted by Crippen LogP contribution is 2.33. The Kier molecular flexibility index (Phi) is 4.71. The zero-order valence-electron chi connectivity index (χ0n) is 9.12. The predicted octanol–water partition coefficient (Wildman–Crippen LogP) is 2.25. The van der Waals surface area contributed by atoms with Crippen molar-refractivity contribution in [2.75, 3.05) is 19.8 Å². The van der Waals surface area contributed by atoms with E-state index in [2.05, 4.69) is 0 Å². The van der Waals surface area contributed by atoms with Gasteiger partial charge in [0.15, 0.2) is 0 Å². The smallest absolute Gasteiger partial charge is 0.123 e. The molecule has 2 N–H and O–H groups in total. The molecule has 0 unspecified atom stereocenters. The minimum atomic E-state index is -0.188. The summed E-state index contributed by atoms with van der Waals surface area (Å²) in [5, 5.41) is 0. The molecule has 0 atom stereocenters. The SMILES string of the molecule is Cl.NCC1(c2cccc(F)c2)CCOCC1. The standard InChI is InChI=1S/C12H16FNO.ClH/c13-11-3-1-2-10(8-11)12(9-14)4-6-15-7-5-12;/h1-3,8H,4-7,9,14H2;1H. The van der Waals surface area contributed by atoms with Gasteiger partial charge in [-0.1, -0.05) is 12.1 Å². The van der Waals surface area contributed by atoms with Crippen LogP contribution >= 0.6 is 12.4 Å². The summed E-state index contributed by atoms with van der Waals surface area (Å²) in [6.45, 7) is 1.99. The van der Waals surface area contributed by atoms with E-state index in [1.54, 1.807) is 12.1 Å². The number of rotatable bonds is 2. The van der Waals surface area contributed by atoms with Crippen LogP contribution in [0.25, 0.3) is 0 Å². The van der Waals surface area contributed by atoms with Crippen molar-refractivity contribution >= 4 is 12.4 Å². The largest absolute Gasteiger partial charge is 0.381 e. The summed E-state index contributed by atoms with van der Waals surface area (Å²) in [4.78, 5) is 0.